The van der Waals surface area contributed by atoms with Crippen molar-refractivity contribution in [3.8, 4) is 0 Å². The van der Waals surface area contributed by atoms with Crippen LogP contribution >= 0.6 is 0 Å². The van der Waals surface area contributed by atoms with Crippen LogP contribution in [0.3, 0.4) is 0 Å². The van der Waals surface area contributed by atoms with Crippen LogP contribution in [-0.2, 0) is 0 Å². The van der Waals surface area contributed by atoms with Gasteiger partial charge in [-0.25, -0.2) is 4.39 Å². The van der Waals surface area contributed by atoms with E-state index in [2.05, 4.69) is 10.2 Å². The van der Waals surface area contributed by atoms with Crippen molar-refractivity contribution in [3.05, 3.63) is 35.6 Å². The number of benzene rings is 1. The van der Waals surface area contributed by atoms with E-state index in [0.717, 1.165) is 13.0 Å². The van der Waals surface area contributed by atoms with E-state index in [9.17, 15) is 9.50 Å². The van der Waals surface area contributed by atoms with Gasteiger partial charge in [-0.05, 0) is 47.0 Å². The molecule has 1 unspecified atom stereocenters. The Morgan fingerprint density at radius 1 is 1.37 bits per heavy atom. The average molecular weight is 268 g/mol. The third-order valence-corrected chi connectivity index (χ3v) is 3.09. The molecule has 1 aromatic carbocycles. The Hall–Kier alpha value is -0.970. The van der Waals surface area contributed by atoms with Gasteiger partial charge in [-0.3, -0.25) is 0 Å². The Bertz CT molecular complexity index is 390. The van der Waals surface area contributed by atoms with Crippen molar-refractivity contribution in [2.45, 2.75) is 31.9 Å². The zero-order valence-electron chi connectivity index (χ0n) is 12.3. The first-order valence-corrected chi connectivity index (χ1v) is 6.66. The number of halogens is 1. The fraction of sp³-hybridized carbons (Fsp3) is 0.600. The predicted octanol–water partition coefficient (Wildman–Crippen LogP) is 2.18. The van der Waals surface area contributed by atoms with Crippen LogP contribution in [0.2, 0.25) is 0 Å². The van der Waals surface area contributed by atoms with Gasteiger partial charge in [0.05, 0.1) is 5.60 Å². The molecule has 1 atom stereocenters. The van der Waals surface area contributed by atoms with Crippen molar-refractivity contribution in [3.63, 3.8) is 0 Å². The van der Waals surface area contributed by atoms with Gasteiger partial charge in [0, 0.05) is 18.2 Å². The molecule has 1 rings (SSSR count). The normalized spacial score (nSPS) is 13.8. The van der Waals surface area contributed by atoms with Crippen molar-refractivity contribution < 1.29 is 9.50 Å². The second kappa shape index (κ2) is 6.98. The maximum absolute atomic E-state index is 13.7. The maximum Gasteiger partial charge on any atom is 0.127 e. The summed E-state index contributed by atoms with van der Waals surface area (Å²) in [6.45, 7) is 4.97. The molecule has 0 aliphatic rings. The Balaban J connectivity index is 2.57. The molecule has 0 amide bonds. The first-order chi connectivity index (χ1) is 8.83. The Morgan fingerprint density at radius 2 is 2.00 bits per heavy atom. The fourth-order valence-electron chi connectivity index (χ4n) is 2.30. The minimum Gasteiger partial charge on any atom is -0.389 e. The highest BCUT2D eigenvalue weighted by molar-refractivity contribution is 5.21. The SMILES string of the molecule is CNC(CCN(C)CC(C)(C)O)c1ccccc1F. The van der Waals surface area contributed by atoms with E-state index in [0.29, 0.717) is 12.1 Å². The third-order valence-electron chi connectivity index (χ3n) is 3.09. The summed E-state index contributed by atoms with van der Waals surface area (Å²) in [6.07, 6.45) is 0.796. The van der Waals surface area contributed by atoms with E-state index in [1.165, 1.54) is 6.07 Å². The molecular formula is C15H25FN2O. The fourth-order valence-corrected chi connectivity index (χ4v) is 2.30. The highest BCUT2D eigenvalue weighted by Gasteiger charge is 2.18. The monoisotopic (exact) mass is 268 g/mol. The summed E-state index contributed by atoms with van der Waals surface area (Å²) in [7, 11) is 3.80. The summed E-state index contributed by atoms with van der Waals surface area (Å²) in [5.74, 6) is -0.174. The number of nitrogens with zero attached hydrogens (tertiary/aromatic N) is 1. The van der Waals surface area contributed by atoms with Gasteiger partial charge in [-0.1, -0.05) is 18.2 Å². The number of aliphatic hydroxyl groups is 1. The van der Waals surface area contributed by atoms with Crippen LogP contribution in [0.4, 0.5) is 4.39 Å². The van der Waals surface area contributed by atoms with E-state index in [-0.39, 0.29) is 11.9 Å². The molecule has 108 valence electrons. The highest BCUT2D eigenvalue weighted by atomic mass is 19.1. The molecule has 1 aromatic rings. The van der Waals surface area contributed by atoms with E-state index < -0.39 is 5.60 Å². The molecule has 3 nitrogen and oxygen atoms in total. The quantitative estimate of drug-likeness (QED) is 0.795. The summed E-state index contributed by atoms with van der Waals surface area (Å²) >= 11 is 0. The van der Waals surface area contributed by atoms with Crippen LogP contribution in [-0.4, -0.2) is 42.8 Å². The minimum absolute atomic E-state index is 0.00884. The highest BCUT2D eigenvalue weighted by Crippen LogP contribution is 2.20. The molecule has 0 aliphatic heterocycles. The van der Waals surface area contributed by atoms with Crippen molar-refractivity contribution in [2.24, 2.45) is 0 Å². The summed E-state index contributed by atoms with van der Waals surface area (Å²) in [4.78, 5) is 2.06. The molecule has 0 spiro atoms. The topological polar surface area (TPSA) is 35.5 Å². The number of hydrogen-bond acceptors (Lipinski definition) is 3. The van der Waals surface area contributed by atoms with Gasteiger partial charge in [0.2, 0.25) is 0 Å². The average Bonchev–Trinajstić information content (AvgIpc) is 2.29. The minimum atomic E-state index is -0.706. The number of likely N-dealkylation sites (N-methyl/N-ethyl adjacent to an activating group) is 1. The zero-order valence-corrected chi connectivity index (χ0v) is 12.3. The Kier molecular flexibility index (Phi) is 5.91. The lowest BCUT2D eigenvalue weighted by molar-refractivity contribution is 0.0436. The first-order valence-electron chi connectivity index (χ1n) is 6.66. The third kappa shape index (κ3) is 5.68. The lowest BCUT2D eigenvalue weighted by Crippen LogP contribution is -2.37. The van der Waals surface area contributed by atoms with Crippen LogP contribution < -0.4 is 5.32 Å². The first kappa shape index (κ1) is 16.1. The van der Waals surface area contributed by atoms with Gasteiger partial charge in [0.15, 0.2) is 0 Å². The van der Waals surface area contributed by atoms with Gasteiger partial charge in [-0.2, -0.15) is 0 Å². The standard InChI is InChI=1S/C15H25FN2O/c1-15(2,19)11-18(4)10-9-14(17-3)12-7-5-6-8-13(12)16/h5-8,14,17,19H,9-11H2,1-4H3. The van der Waals surface area contributed by atoms with E-state index >= 15 is 0 Å². The molecule has 0 saturated heterocycles. The largest absolute Gasteiger partial charge is 0.389 e. The smallest absolute Gasteiger partial charge is 0.127 e. The molecule has 0 aliphatic carbocycles. The molecule has 0 heterocycles. The van der Waals surface area contributed by atoms with Crippen molar-refractivity contribution >= 4 is 0 Å². The number of hydrogen-bond donors (Lipinski definition) is 2. The lowest BCUT2D eigenvalue weighted by Gasteiger charge is -2.27. The summed E-state index contributed by atoms with van der Waals surface area (Å²) in [5.41, 5.74) is -0.0105. The second-order valence-corrected chi connectivity index (χ2v) is 5.70. The van der Waals surface area contributed by atoms with E-state index in [1.807, 2.05) is 26.2 Å². The number of nitrogens with one attached hydrogen (secondary N) is 1. The molecule has 19 heavy (non-hydrogen) atoms. The van der Waals surface area contributed by atoms with Crippen LogP contribution in [0.1, 0.15) is 31.9 Å². The molecule has 2 N–H and O–H groups in total. The second-order valence-electron chi connectivity index (χ2n) is 5.70. The molecule has 0 fully saturated rings. The number of rotatable bonds is 7. The summed E-state index contributed by atoms with van der Waals surface area (Å²) < 4.78 is 13.7. The van der Waals surface area contributed by atoms with E-state index in [1.54, 1.807) is 19.9 Å². The summed E-state index contributed by atoms with van der Waals surface area (Å²) in [5, 5.41) is 12.9. The van der Waals surface area contributed by atoms with Crippen molar-refractivity contribution in [2.75, 3.05) is 27.2 Å². The van der Waals surface area contributed by atoms with Gasteiger partial charge in [0.1, 0.15) is 5.82 Å². The van der Waals surface area contributed by atoms with E-state index in [4.69, 9.17) is 0 Å². The molecular weight excluding hydrogens is 243 g/mol. The van der Waals surface area contributed by atoms with Crippen LogP contribution in [0.25, 0.3) is 0 Å². The van der Waals surface area contributed by atoms with Gasteiger partial charge < -0.3 is 15.3 Å². The van der Waals surface area contributed by atoms with Crippen molar-refractivity contribution in [1.29, 1.82) is 0 Å². The Morgan fingerprint density at radius 3 is 2.53 bits per heavy atom. The van der Waals surface area contributed by atoms with Gasteiger partial charge >= 0.3 is 0 Å². The molecule has 0 saturated carbocycles. The van der Waals surface area contributed by atoms with Crippen LogP contribution in [0.5, 0.6) is 0 Å². The maximum atomic E-state index is 13.7. The lowest BCUT2D eigenvalue weighted by atomic mass is 10.0. The van der Waals surface area contributed by atoms with Crippen molar-refractivity contribution in [1.82, 2.24) is 10.2 Å². The summed E-state index contributed by atoms with van der Waals surface area (Å²) in [6, 6.07) is 6.84. The predicted molar refractivity (Wildman–Crippen MR) is 76.6 cm³/mol. The molecule has 4 heteroatoms. The molecule has 0 bridgehead atoms. The zero-order chi connectivity index (χ0) is 14.5. The molecule has 0 aromatic heterocycles. The van der Waals surface area contributed by atoms with Gasteiger partial charge in [0.25, 0.3) is 0 Å². The van der Waals surface area contributed by atoms with Gasteiger partial charge in [-0.15, -0.1) is 0 Å². The van der Waals surface area contributed by atoms with Crippen LogP contribution in [0, 0.1) is 5.82 Å². The molecule has 0 radical (unpaired) electrons. The van der Waals surface area contributed by atoms with Crippen LogP contribution in [0.15, 0.2) is 24.3 Å². The Labute approximate surface area is 115 Å².